The van der Waals surface area contributed by atoms with E-state index < -0.39 is 8.07 Å². The van der Waals surface area contributed by atoms with Gasteiger partial charge in [0.25, 0.3) is 0 Å². The van der Waals surface area contributed by atoms with Crippen molar-refractivity contribution in [1.82, 2.24) is 0 Å². The van der Waals surface area contributed by atoms with E-state index in [1.807, 2.05) is 0 Å². The van der Waals surface area contributed by atoms with E-state index in [9.17, 15) is 0 Å². The maximum atomic E-state index is 2.41. The van der Waals surface area contributed by atoms with Crippen LogP contribution < -0.4 is 0 Å². The second kappa shape index (κ2) is 3.88. The predicted molar refractivity (Wildman–Crippen MR) is 47.4 cm³/mol. The summed E-state index contributed by atoms with van der Waals surface area (Å²) in [4.78, 5) is 0. The summed E-state index contributed by atoms with van der Waals surface area (Å²) >= 11 is 0. The van der Waals surface area contributed by atoms with Gasteiger partial charge in [0.05, 0.1) is 8.07 Å². The standard InChI is InChI=1S/C8H18Si/c1-5-7-9(3,4)8-6-2/h5,7H,6,8H2,1-4H3/b7-5-. The molecule has 0 aliphatic carbocycles. The fraction of sp³-hybridized carbons (Fsp3) is 0.750. The number of hydrogen-bond donors (Lipinski definition) is 0. The quantitative estimate of drug-likeness (QED) is 0.531. The van der Waals surface area contributed by atoms with Crippen LogP contribution in [0.3, 0.4) is 0 Å². The van der Waals surface area contributed by atoms with Gasteiger partial charge in [-0.25, -0.2) is 0 Å². The van der Waals surface area contributed by atoms with Gasteiger partial charge < -0.3 is 0 Å². The van der Waals surface area contributed by atoms with Crippen molar-refractivity contribution < 1.29 is 0 Å². The van der Waals surface area contributed by atoms with E-state index in [0.29, 0.717) is 0 Å². The Labute approximate surface area is 60.0 Å². The number of allylic oxidation sites excluding steroid dienone is 1. The fourth-order valence-electron chi connectivity index (χ4n) is 1.18. The number of rotatable bonds is 3. The molecule has 0 aromatic rings. The van der Waals surface area contributed by atoms with Crippen LogP contribution in [0.4, 0.5) is 0 Å². The average Bonchev–Trinajstić information content (AvgIpc) is 1.64. The van der Waals surface area contributed by atoms with Crippen LogP contribution in [-0.4, -0.2) is 8.07 Å². The molecule has 0 saturated heterocycles. The Hall–Kier alpha value is -0.0431. The van der Waals surface area contributed by atoms with E-state index in [0.717, 1.165) is 0 Å². The van der Waals surface area contributed by atoms with Crippen molar-refractivity contribution in [3.05, 3.63) is 11.8 Å². The van der Waals surface area contributed by atoms with Gasteiger partial charge in [-0.2, -0.15) is 0 Å². The molecule has 0 aromatic heterocycles. The van der Waals surface area contributed by atoms with E-state index in [1.165, 1.54) is 12.5 Å². The zero-order chi connectivity index (χ0) is 7.33. The molecule has 0 rings (SSSR count). The lowest BCUT2D eigenvalue weighted by Crippen LogP contribution is -2.21. The van der Waals surface area contributed by atoms with Crippen LogP contribution in [0.15, 0.2) is 11.8 Å². The summed E-state index contributed by atoms with van der Waals surface area (Å²) < 4.78 is 0. The fourth-order valence-corrected chi connectivity index (χ4v) is 3.54. The lowest BCUT2D eigenvalue weighted by Gasteiger charge is -2.15. The minimum Gasteiger partial charge on any atom is -0.0989 e. The highest BCUT2D eigenvalue weighted by Gasteiger charge is 2.13. The van der Waals surface area contributed by atoms with Gasteiger partial charge >= 0.3 is 0 Å². The third kappa shape index (κ3) is 4.46. The van der Waals surface area contributed by atoms with Crippen molar-refractivity contribution in [2.45, 2.75) is 39.4 Å². The van der Waals surface area contributed by atoms with Crippen LogP contribution in [0, 0.1) is 0 Å². The molecule has 0 radical (unpaired) electrons. The van der Waals surface area contributed by atoms with E-state index in [1.54, 1.807) is 0 Å². The van der Waals surface area contributed by atoms with Crippen LogP contribution in [0.2, 0.25) is 19.1 Å². The summed E-state index contributed by atoms with van der Waals surface area (Å²) in [6.45, 7) is 9.20. The Kier molecular flexibility index (Phi) is 3.87. The molecule has 0 N–H and O–H groups in total. The molecule has 0 atom stereocenters. The van der Waals surface area contributed by atoms with Crippen molar-refractivity contribution in [2.24, 2.45) is 0 Å². The molecule has 0 heterocycles. The van der Waals surface area contributed by atoms with Gasteiger partial charge in [0.2, 0.25) is 0 Å². The molecular weight excluding hydrogens is 124 g/mol. The van der Waals surface area contributed by atoms with E-state index in [4.69, 9.17) is 0 Å². The lowest BCUT2D eigenvalue weighted by atomic mass is 10.6. The molecule has 0 aliphatic rings. The average molecular weight is 142 g/mol. The monoisotopic (exact) mass is 142 g/mol. The van der Waals surface area contributed by atoms with Crippen molar-refractivity contribution in [3.8, 4) is 0 Å². The maximum absolute atomic E-state index is 2.41. The van der Waals surface area contributed by atoms with Crippen molar-refractivity contribution >= 4 is 8.07 Å². The van der Waals surface area contributed by atoms with E-state index >= 15 is 0 Å². The summed E-state index contributed by atoms with van der Waals surface area (Å²) in [7, 11) is -0.884. The molecule has 0 unspecified atom stereocenters. The Morgan fingerprint density at radius 1 is 1.33 bits per heavy atom. The van der Waals surface area contributed by atoms with Crippen molar-refractivity contribution in [3.63, 3.8) is 0 Å². The predicted octanol–water partition coefficient (Wildman–Crippen LogP) is 3.22. The molecule has 0 fully saturated rings. The Bertz CT molecular complexity index is 92.7. The molecule has 0 amide bonds. The molecule has 0 aliphatic heterocycles. The second-order valence-electron chi connectivity index (χ2n) is 3.24. The van der Waals surface area contributed by atoms with E-state index in [2.05, 4.69) is 38.7 Å². The Morgan fingerprint density at radius 3 is 2.22 bits per heavy atom. The zero-order valence-corrected chi connectivity index (χ0v) is 8.07. The van der Waals surface area contributed by atoms with Crippen LogP contribution in [0.1, 0.15) is 20.3 Å². The second-order valence-corrected chi connectivity index (χ2v) is 8.05. The SMILES string of the molecule is C/C=C\[Si](C)(C)CCC. The summed E-state index contributed by atoms with van der Waals surface area (Å²) in [5.41, 5.74) is 2.41. The first-order chi connectivity index (χ1) is 4.12. The molecule has 0 saturated carbocycles. The topological polar surface area (TPSA) is 0 Å². The molecule has 9 heavy (non-hydrogen) atoms. The first kappa shape index (κ1) is 8.96. The highest BCUT2D eigenvalue weighted by Crippen LogP contribution is 2.12. The highest BCUT2D eigenvalue weighted by atomic mass is 28.3. The Balaban J connectivity index is 3.70. The van der Waals surface area contributed by atoms with Gasteiger partial charge in [-0.3, -0.25) is 0 Å². The molecule has 0 nitrogen and oxygen atoms in total. The molecule has 0 spiro atoms. The third-order valence-electron chi connectivity index (χ3n) is 1.51. The maximum Gasteiger partial charge on any atom is 0.0713 e. The normalized spacial score (nSPS) is 12.9. The van der Waals surface area contributed by atoms with Crippen LogP contribution in [-0.2, 0) is 0 Å². The van der Waals surface area contributed by atoms with Crippen molar-refractivity contribution in [2.75, 3.05) is 0 Å². The highest BCUT2D eigenvalue weighted by molar-refractivity contribution is 6.82. The first-order valence-electron chi connectivity index (χ1n) is 3.76. The zero-order valence-electron chi connectivity index (χ0n) is 7.07. The van der Waals surface area contributed by atoms with Gasteiger partial charge in [0.15, 0.2) is 0 Å². The van der Waals surface area contributed by atoms with Crippen molar-refractivity contribution in [1.29, 1.82) is 0 Å². The summed E-state index contributed by atoms with van der Waals surface area (Å²) in [5.74, 6) is 0. The minimum absolute atomic E-state index is 0.884. The smallest absolute Gasteiger partial charge is 0.0713 e. The van der Waals surface area contributed by atoms with Gasteiger partial charge in [-0.15, -0.1) is 0 Å². The van der Waals surface area contributed by atoms with Gasteiger partial charge in [-0.05, 0) is 6.92 Å². The largest absolute Gasteiger partial charge is 0.0989 e. The number of hydrogen-bond acceptors (Lipinski definition) is 0. The summed E-state index contributed by atoms with van der Waals surface area (Å²) in [5, 5.41) is 0. The van der Waals surface area contributed by atoms with Gasteiger partial charge in [0, 0.05) is 0 Å². The molecular formula is C8H18Si. The third-order valence-corrected chi connectivity index (χ3v) is 4.54. The summed E-state index contributed by atoms with van der Waals surface area (Å²) in [6.07, 6.45) is 3.53. The minimum atomic E-state index is -0.884. The molecule has 0 aromatic carbocycles. The Morgan fingerprint density at radius 2 is 1.89 bits per heavy atom. The molecule has 1 heteroatoms. The van der Waals surface area contributed by atoms with Crippen LogP contribution in [0.5, 0.6) is 0 Å². The first-order valence-corrected chi connectivity index (χ1v) is 7.04. The van der Waals surface area contributed by atoms with Crippen LogP contribution in [0.25, 0.3) is 0 Å². The van der Waals surface area contributed by atoms with Gasteiger partial charge in [-0.1, -0.05) is 44.3 Å². The lowest BCUT2D eigenvalue weighted by molar-refractivity contribution is 1.05. The van der Waals surface area contributed by atoms with Crippen LogP contribution >= 0.6 is 0 Å². The molecule has 54 valence electrons. The van der Waals surface area contributed by atoms with Gasteiger partial charge in [0.1, 0.15) is 0 Å². The van der Waals surface area contributed by atoms with E-state index in [-0.39, 0.29) is 0 Å². The molecule has 0 bridgehead atoms. The summed E-state index contributed by atoms with van der Waals surface area (Å²) in [6, 6.07) is 1.43.